The Morgan fingerprint density at radius 2 is 1.82 bits per heavy atom. The number of hydrogen-bond donors (Lipinski definition) is 4. The maximum absolute atomic E-state index is 13.3. The number of urea groups is 1. The molecule has 0 unspecified atom stereocenters. The Balaban J connectivity index is 1.37. The highest BCUT2D eigenvalue weighted by Crippen LogP contribution is 2.40. The first kappa shape index (κ1) is 22.9. The molecule has 3 aliphatic rings. The zero-order valence-electron chi connectivity index (χ0n) is 19.3. The number of nitrogens with one attached hydrogen (secondary N) is 3. The molecule has 1 aliphatic heterocycles. The van der Waals surface area contributed by atoms with Gasteiger partial charge in [-0.05, 0) is 19.3 Å². The molecule has 0 radical (unpaired) electrons. The van der Waals surface area contributed by atoms with Crippen LogP contribution in [-0.4, -0.2) is 76.4 Å². The summed E-state index contributed by atoms with van der Waals surface area (Å²) in [5.41, 5.74) is 1.65. The summed E-state index contributed by atoms with van der Waals surface area (Å²) in [6.07, 6.45) is 5.38. The van der Waals surface area contributed by atoms with E-state index >= 15 is 0 Å². The lowest BCUT2D eigenvalue weighted by Crippen LogP contribution is -2.47. The Kier molecular flexibility index (Phi) is 6.82. The SMILES string of the molecule is O=C(NC1CCCC1)N[C@@H]1C[C@H](C(=O)N2CCOCC2)[C@@H](O)[C@H]1c1cnc(-c2ccccc2)[nH]1. The van der Waals surface area contributed by atoms with Crippen LogP contribution in [0.25, 0.3) is 11.4 Å². The van der Waals surface area contributed by atoms with Gasteiger partial charge in [0.25, 0.3) is 0 Å². The van der Waals surface area contributed by atoms with Crippen molar-refractivity contribution in [2.45, 2.75) is 56.2 Å². The fourth-order valence-corrected chi connectivity index (χ4v) is 5.58. The molecule has 9 nitrogen and oxygen atoms in total. The smallest absolute Gasteiger partial charge is 0.315 e. The summed E-state index contributed by atoms with van der Waals surface area (Å²) in [4.78, 5) is 35.7. The van der Waals surface area contributed by atoms with Crippen LogP contribution in [0.4, 0.5) is 4.79 Å². The molecule has 0 spiro atoms. The van der Waals surface area contributed by atoms with Crippen molar-refractivity contribution in [2.75, 3.05) is 26.3 Å². The van der Waals surface area contributed by atoms with E-state index in [2.05, 4.69) is 20.6 Å². The number of morpholine rings is 1. The number of imidazole rings is 1. The largest absolute Gasteiger partial charge is 0.392 e. The van der Waals surface area contributed by atoms with Gasteiger partial charge in [-0.2, -0.15) is 0 Å². The Bertz CT molecular complexity index is 984. The third-order valence-electron chi connectivity index (χ3n) is 7.37. The van der Waals surface area contributed by atoms with E-state index in [1.54, 1.807) is 11.1 Å². The van der Waals surface area contributed by atoms with Gasteiger partial charge in [-0.15, -0.1) is 0 Å². The van der Waals surface area contributed by atoms with Crippen LogP contribution >= 0.6 is 0 Å². The second-order valence-corrected chi connectivity index (χ2v) is 9.56. The average Bonchev–Trinajstić information content (AvgIpc) is 3.61. The highest BCUT2D eigenvalue weighted by molar-refractivity contribution is 5.81. The van der Waals surface area contributed by atoms with Crippen molar-refractivity contribution in [1.82, 2.24) is 25.5 Å². The molecule has 1 aromatic heterocycles. The summed E-state index contributed by atoms with van der Waals surface area (Å²) in [7, 11) is 0. The minimum absolute atomic E-state index is 0.0795. The molecule has 4 N–H and O–H groups in total. The zero-order chi connectivity index (χ0) is 23.5. The fraction of sp³-hybridized carbons (Fsp3) is 0.560. The second-order valence-electron chi connectivity index (χ2n) is 9.56. The van der Waals surface area contributed by atoms with E-state index in [0.29, 0.717) is 38.5 Å². The number of benzene rings is 1. The van der Waals surface area contributed by atoms with E-state index in [0.717, 1.165) is 36.9 Å². The first-order chi connectivity index (χ1) is 16.6. The number of aromatic amines is 1. The maximum atomic E-state index is 13.3. The first-order valence-corrected chi connectivity index (χ1v) is 12.3. The number of aliphatic hydroxyl groups is 1. The molecule has 9 heteroatoms. The van der Waals surface area contributed by atoms with Crippen LogP contribution in [-0.2, 0) is 9.53 Å². The van der Waals surface area contributed by atoms with Crippen LogP contribution in [0, 0.1) is 5.92 Å². The van der Waals surface area contributed by atoms with Crippen molar-refractivity contribution in [1.29, 1.82) is 0 Å². The van der Waals surface area contributed by atoms with Crippen LogP contribution in [0.2, 0.25) is 0 Å². The maximum Gasteiger partial charge on any atom is 0.315 e. The number of aromatic nitrogens is 2. The highest BCUT2D eigenvalue weighted by atomic mass is 16.5. The normalized spacial score (nSPS) is 27.6. The molecule has 1 saturated heterocycles. The third kappa shape index (κ3) is 4.81. The van der Waals surface area contributed by atoms with Crippen molar-refractivity contribution in [3.63, 3.8) is 0 Å². The number of carbonyl (C=O) groups excluding carboxylic acids is 2. The molecule has 2 saturated carbocycles. The lowest BCUT2D eigenvalue weighted by atomic mass is 9.95. The van der Waals surface area contributed by atoms with Gasteiger partial charge in [-0.3, -0.25) is 4.79 Å². The van der Waals surface area contributed by atoms with E-state index in [1.165, 1.54) is 0 Å². The van der Waals surface area contributed by atoms with Crippen molar-refractivity contribution in [3.8, 4) is 11.4 Å². The molecular weight excluding hydrogens is 434 g/mol. The molecule has 2 heterocycles. The predicted molar refractivity (Wildman–Crippen MR) is 126 cm³/mol. The number of amides is 3. The molecule has 0 bridgehead atoms. The van der Waals surface area contributed by atoms with Crippen molar-refractivity contribution in [3.05, 3.63) is 42.2 Å². The Morgan fingerprint density at radius 1 is 1.09 bits per heavy atom. The van der Waals surface area contributed by atoms with Gasteiger partial charge in [0.05, 0.1) is 25.2 Å². The minimum atomic E-state index is -0.934. The van der Waals surface area contributed by atoms with Gasteiger partial charge in [-0.1, -0.05) is 43.2 Å². The number of nitrogens with zero attached hydrogens (tertiary/aromatic N) is 2. The molecule has 182 valence electrons. The summed E-state index contributed by atoms with van der Waals surface area (Å²) < 4.78 is 5.38. The molecule has 3 amide bonds. The van der Waals surface area contributed by atoms with Gasteiger partial charge < -0.3 is 30.4 Å². The quantitative estimate of drug-likeness (QED) is 0.536. The number of hydrogen-bond acceptors (Lipinski definition) is 5. The van der Waals surface area contributed by atoms with Crippen LogP contribution in [0.1, 0.15) is 43.7 Å². The van der Waals surface area contributed by atoms with Crippen LogP contribution < -0.4 is 10.6 Å². The molecule has 2 aliphatic carbocycles. The van der Waals surface area contributed by atoms with E-state index < -0.39 is 24.0 Å². The van der Waals surface area contributed by atoms with Gasteiger partial charge in [0, 0.05) is 48.5 Å². The van der Waals surface area contributed by atoms with Crippen molar-refractivity contribution >= 4 is 11.9 Å². The van der Waals surface area contributed by atoms with Gasteiger partial charge in [0.15, 0.2) is 0 Å². The zero-order valence-corrected chi connectivity index (χ0v) is 19.3. The minimum Gasteiger partial charge on any atom is -0.392 e. The van der Waals surface area contributed by atoms with Crippen LogP contribution in [0.15, 0.2) is 36.5 Å². The summed E-state index contributed by atoms with van der Waals surface area (Å²) in [5, 5.41) is 17.5. The molecule has 2 aromatic rings. The van der Waals surface area contributed by atoms with E-state index in [9.17, 15) is 14.7 Å². The van der Waals surface area contributed by atoms with E-state index in [-0.39, 0.29) is 18.0 Å². The Hall–Kier alpha value is -2.91. The molecule has 1 aromatic carbocycles. The summed E-state index contributed by atoms with van der Waals surface area (Å²) in [6, 6.07) is 9.30. The first-order valence-electron chi connectivity index (χ1n) is 12.3. The monoisotopic (exact) mass is 467 g/mol. The van der Waals surface area contributed by atoms with Gasteiger partial charge in [0.2, 0.25) is 5.91 Å². The summed E-state index contributed by atoms with van der Waals surface area (Å²) >= 11 is 0. The lowest BCUT2D eigenvalue weighted by Gasteiger charge is -2.30. The van der Waals surface area contributed by atoms with Gasteiger partial charge in [0.1, 0.15) is 5.82 Å². The number of H-pyrrole nitrogens is 1. The molecule has 34 heavy (non-hydrogen) atoms. The fourth-order valence-electron chi connectivity index (χ4n) is 5.58. The Morgan fingerprint density at radius 3 is 2.56 bits per heavy atom. The number of ether oxygens (including phenoxy) is 1. The van der Waals surface area contributed by atoms with Gasteiger partial charge in [-0.25, -0.2) is 9.78 Å². The molecule has 5 rings (SSSR count). The number of rotatable bonds is 5. The predicted octanol–water partition coefficient (Wildman–Crippen LogP) is 2.01. The second kappa shape index (κ2) is 10.1. The highest BCUT2D eigenvalue weighted by Gasteiger charge is 2.49. The summed E-state index contributed by atoms with van der Waals surface area (Å²) in [5.74, 6) is -0.443. The average molecular weight is 468 g/mol. The molecule has 4 atom stereocenters. The van der Waals surface area contributed by atoms with Crippen LogP contribution in [0.5, 0.6) is 0 Å². The van der Waals surface area contributed by atoms with Gasteiger partial charge >= 0.3 is 6.03 Å². The van der Waals surface area contributed by atoms with E-state index in [4.69, 9.17) is 4.74 Å². The third-order valence-corrected chi connectivity index (χ3v) is 7.37. The van der Waals surface area contributed by atoms with E-state index in [1.807, 2.05) is 30.3 Å². The number of carbonyl (C=O) groups is 2. The number of aliphatic hydroxyl groups excluding tert-OH is 1. The summed E-state index contributed by atoms with van der Waals surface area (Å²) in [6.45, 7) is 2.05. The topological polar surface area (TPSA) is 120 Å². The Labute approximate surface area is 199 Å². The van der Waals surface area contributed by atoms with Crippen LogP contribution in [0.3, 0.4) is 0 Å². The van der Waals surface area contributed by atoms with Crippen molar-refractivity contribution < 1.29 is 19.4 Å². The molecule has 3 fully saturated rings. The molecular formula is C25H33N5O4. The standard InChI is InChI=1S/C25H33N5O4/c31-22-18(24(32)30-10-12-34-13-11-30)14-19(29-25(33)27-17-8-4-5-9-17)21(22)20-15-26-23(28-20)16-6-2-1-3-7-16/h1-3,6-7,15,17-19,21-22,31H,4-5,8-14H2,(H,26,28)(H2,27,29,33)/t18-,19+,21+,22+/m0/s1. The lowest BCUT2D eigenvalue weighted by molar-refractivity contribution is -0.142. The van der Waals surface area contributed by atoms with Crippen molar-refractivity contribution in [2.24, 2.45) is 5.92 Å².